The number of hydrogen-bond donors (Lipinski definition) is 2. The lowest BCUT2D eigenvalue weighted by Gasteiger charge is -2.32. The van der Waals surface area contributed by atoms with Crippen LogP contribution in [0.15, 0.2) is 17.1 Å². The van der Waals surface area contributed by atoms with E-state index in [1.807, 2.05) is 13.8 Å². The number of carbonyl (C=O) groups excluding carboxylic acids is 1. The van der Waals surface area contributed by atoms with Gasteiger partial charge in [-0.05, 0) is 31.7 Å². The van der Waals surface area contributed by atoms with Crippen molar-refractivity contribution in [3.05, 3.63) is 22.7 Å². The number of aliphatic hydroxyl groups is 1. The van der Waals surface area contributed by atoms with Gasteiger partial charge in [0, 0.05) is 12.6 Å². The minimum Gasteiger partial charge on any atom is -0.390 e. The third kappa shape index (κ3) is 4.14. The molecule has 22 heavy (non-hydrogen) atoms. The summed E-state index contributed by atoms with van der Waals surface area (Å²) in [5, 5.41) is 12.3. The van der Waals surface area contributed by atoms with E-state index in [-0.39, 0.29) is 23.7 Å². The Morgan fingerprint density at radius 1 is 1.55 bits per heavy atom. The molecule has 7 heteroatoms. The Hall–Kier alpha value is -1.73. The first-order chi connectivity index (χ1) is 10.4. The number of amides is 1. The van der Waals surface area contributed by atoms with Crippen LogP contribution in [0.4, 0.5) is 5.82 Å². The van der Waals surface area contributed by atoms with Crippen molar-refractivity contribution in [2.24, 2.45) is 5.92 Å². The molecule has 1 aromatic heterocycles. The van der Waals surface area contributed by atoms with Crippen molar-refractivity contribution in [2.45, 2.75) is 58.5 Å². The average molecular weight is 309 g/mol. The molecule has 1 aliphatic heterocycles. The highest BCUT2D eigenvalue weighted by Gasteiger charge is 2.28. The summed E-state index contributed by atoms with van der Waals surface area (Å²) < 4.78 is 7.01. The zero-order valence-electron chi connectivity index (χ0n) is 13.2. The fourth-order valence-electron chi connectivity index (χ4n) is 2.43. The molecular formula is C15H23N3O4. The van der Waals surface area contributed by atoms with Crippen molar-refractivity contribution < 1.29 is 14.6 Å². The minimum absolute atomic E-state index is 0.162. The van der Waals surface area contributed by atoms with Crippen LogP contribution in [0, 0.1) is 5.92 Å². The Labute approximate surface area is 129 Å². The Bertz CT molecular complexity index is 584. The number of nitrogens with zero attached hydrogens (tertiary/aromatic N) is 2. The molecular weight excluding hydrogens is 286 g/mol. The van der Waals surface area contributed by atoms with Crippen molar-refractivity contribution in [3.8, 4) is 0 Å². The van der Waals surface area contributed by atoms with Gasteiger partial charge in [0.05, 0.1) is 12.2 Å². The van der Waals surface area contributed by atoms with Gasteiger partial charge in [-0.1, -0.05) is 13.8 Å². The maximum atomic E-state index is 12.1. The second kappa shape index (κ2) is 7.02. The van der Waals surface area contributed by atoms with E-state index in [9.17, 15) is 14.7 Å². The van der Waals surface area contributed by atoms with Crippen LogP contribution in [0.3, 0.4) is 0 Å². The van der Waals surface area contributed by atoms with E-state index < -0.39 is 18.0 Å². The smallest absolute Gasteiger partial charge is 0.351 e. The van der Waals surface area contributed by atoms with E-state index in [2.05, 4.69) is 10.3 Å². The Balaban J connectivity index is 2.07. The number of hydrogen-bond acceptors (Lipinski definition) is 5. The predicted octanol–water partition coefficient (Wildman–Crippen LogP) is 1.29. The second-order valence-electron chi connectivity index (χ2n) is 6.09. The van der Waals surface area contributed by atoms with E-state index in [0.717, 1.165) is 0 Å². The van der Waals surface area contributed by atoms with Crippen LogP contribution in [-0.4, -0.2) is 32.8 Å². The van der Waals surface area contributed by atoms with E-state index >= 15 is 0 Å². The zero-order valence-corrected chi connectivity index (χ0v) is 13.2. The summed E-state index contributed by atoms with van der Waals surface area (Å²) in [6.45, 7) is 5.66. The molecule has 122 valence electrons. The van der Waals surface area contributed by atoms with Crippen molar-refractivity contribution in [1.82, 2.24) is 9.55 Å². The SMILES string of the molecule is CC(C)CC(=O)Nc1ccn([C@H]2CC[C@H](O)[C@@H](C)O2)c(=O)n1. The highest BCUT2D eigenvalue weighted by atomic mass is 16.5. The first kappa shape index (κ1) is 16.6. The summed E-state index contributed by atoms with van der Waals surface area (Å²) in [6.07, 6.45) is 1.81. The molecule has 2 N–H and O–H groups in total. The molecule has 2 heterocycles. The van der Waals surface area contributed by atoms with Gasteiger partial charge >= 0.3 is 5.69 Å². The van der Waals surface area contributed by atoms with Crippen LogP contribution in [0.1, 0.15) is 46.3 Å². The summed E-state index contributed by atoms with van der Waals surface area (Å²) in [5.74, 6) is 0.324. The van der Waals surface area contributed by atoms with Gasteiger partial charge in [-0.25, -0.2) is 4.79 Å². The molecule has 1 fully saturated rings. The van der Waals surface area contributed by atoms with Gasteiger partial charge in [-0.15, -0.1) is 0 Å². The van der Waals surface area contributed by atoms with Crippen molar-refractivity contribution in [2.75, 3.05) is 5.32 Å². The zero-order chi connectivity index (χ0) is 16.3. The van der Waals surface area contributed by atoms with Crippen molar-refractivity contribution in [1.29, 1.82) is 0 Å². The summed E-state index contributed by atoms with van der Waals surface area (Å²) in [7, 11) is 0. The minimum atomic E-state index is -0.505. The Morgan fingerprint density at radius 3 is 2.86 bits per heavy atom. The van der Waals surface area contributed by atoms with E-state index in [0.29, 0.717) is 19.3 Å². The highest BCUT2D eigenvalue weighted by molar-refractivity contribution is 5.89. The molecule has 3 atom stereocenters. The lowest BCUT2D eigenvalue weighted by Crippen LogP contribution is -2.39. The third-order valence-electron chi connectivity index (χ3n) is 3.62. The molecule has 1 saturated heterocycles. The van der Waals surface area contributed by atoms with Crippen LogP contribution >= 0.6 is 0 Å². The number of aromatic nitrogens is 2. The highest BCUT2D eigenvalue weighted by Crippen LogP contribution is 2.25. The number of rotatable bonds is 4. The summed E-state index contributed by atoms with van der Waals surface area (Å²) in [6, 6.07) is 1.58. The fraction of sp³-hybridized carbons (Fsp3) is 0.667. The van der Waals surface area contributed by atoms with Crippen LogP contribution in [0.5, 0.6) is 0 Å². The number of anilines is 1. The van der Waals surface area contributed by atoms with Crippen LogP contribution in [0.25, 0.3) is 0 Å². The topological polar surface area (TPSA) is 93.5 Å². The maximum absolute atomic E-state index is 12.1. The van der Waals surface area contributed by atoms with E-state index in [1.54, 1.807) is 19.2 Å². The molecule has 7 nitrogen and oxygen atoms in total. The van der Waals surface area contributed by atoms with Crippen LogP contribution < -0.4 is 11.0 Å². The second-order valence-corrected chi connectivity index (χ2v) is 6.09. The fourth-order valence-corrected chi connectivity index (χ4v) is 2.43. The van der Waals surface area contributed by atoms with Gasteiger partial charge in [-0.3, -0.25) is 9.36 Å². The maximum Gasteiger partial charge on any atom is 0.351 e. The number of ether oxygens (including phenoxy) is 1. The monoisotopic (exact) mass is 309 g/mol. The molecule has 1 aliphatic rings. The molecule has 0 unspecified atom stereocenters. The van der Waals surface area contributed by atoms with Gasteiger partial charge in [0.2, 0.25) is 5.91 Å². The van der Waals surface area contributed by atoms with Crippen LogP contribution in [-0.2, 0) is 9.53 Å². The Kier molecular flexibility index (Phi) is 5.31. The Morgan fingerprint density at radius 2 is 2.27 bits per heavy atom. The molecule has 2 rings (SSSR count). The number of aliphatic hydroxyl groups excluding tert-OH is 1. The van der Waals surface area contributed by atoms with Crippen molar-refractivity contribution >= 4 is 11.7 Å². The summed E-state index contributed by atoms with van der Waals surface area (Å²) in [4.78, 5) is 27.6. The summed E-state index contributed by atoms with van der Waals surface area (Å²) >= 11 is 0. The lowest BCUT2D eigenvalue weighted by molar-refractivity contribution is -0.139. The van der Waals surface area contributed by atoms with Gasteiger partial charge in [0.1, 0.15) is 12.0 Å². The molecule has 0 aromatic carbocycles. The van der Waals surface area contributed by atoms with E-state index in [4.69, 9.17) is 4.74 Å². The third-order valence-corrected chi connectivity index (χ3v) is 3.62. The lowest BCUT2D eigenvalue weighted by atomic mass is 10.1. The first-order valence-electron chi connectivity index (χ1n) is 7.59. The molecule has 1 aromatic rings. The molecule has 1 amide bonds. The largest absolute Gasteiger partial charge is 0.390 e. The number of nitrogens with one attached hydrogen (secondary N) is 1. The molecule has 0 spiro atoms. The van der Waals surface area contributed by atoms with E-state index in [1.165, 1.54) is 4.57 Å². The van der Waals surface area contributed by atoms with Crippen LogP contribution in [0.2, 0.25) is 0 Å². The molecule has 0 aliphatic carbocycles. The van der Waals surface area contributed by atoms with Gasteiger partial charge in [0.25, 0.3) is 0 Å². The van der Waals surface area contributed by atoms with Crippen molar-refractivity contribution in [3.63, 3.8) is 0 Å². The van der Waals surface area contributed by atoms with Gasteiger partial charge in [0.15, 0.2) is 0 Å². The average Bonchev–Trinajstić information content (AvgIpc) is 2.41. The number of carbonyl (C=O) groups is 1. The normalized spacial score (nSPS) is 25.2. The quantitative estimate of drug-likeness (QED) is 0.874. The standard InChI is InChI=1S/C15H23N3O4/c1-9(2)8-13(20)16-12-6-7-18(15(21)17-12)14-5-4-11(19)10(3)22-14/h6-7,9-11,14,19H,4-5,8H2,1-3H3,(H,16,17,20,21)/t10-,11+,14-/m1/s1. The van der Waals surface area contributed by atoms with Gasteiger partial charge in [-0.2, -0.15) is 4.98 Å². The van der Waals surface area contributed by atoms with Gasteiger partial charge < -0.3 is 15.2 Å². The predicted molar refractivity (Wildman–Crippen MR) is 81.4 cm³/mol. The molecule has 0 bridgehead atoms. The molecule has 0 saturated carbocycles. The molecule has 0 radical (unpaired) electrons. The first-order valence-corrected chi connectivity index (χ1v) is 7.59. The summed E-state index contributed by atoms with van der Waals surface area (Å²) in [5.41, 5.74) is -0.476.